The van der Waals surface area contributed by atoms with E-state index in [9.17, 15) is 15.3 Å². The molecule has 0 atom stereocenters. The van der Waals surface area contributed by atoms with Gasteiger partial charge in [0, 0.05) is 10.8 Å². The zero-order valence-electron chi connectivity index (χ0n) is 17.7. The van der Waals surface area contributed by atoms with Crippen molar-refractivity contribution in [1.29, 1.82) is 0 Å². The van der Waals surface area contributed by atoms with Gasteiger partial charge in [0.2, 0.25) is 0 Å². The maximum atomic E-state index is 11.0. The summed E-state index contributed by atoms with van der Waals surface area (Å²) in [5.74, 6) is 0.647. The lowest BCUT2D eigenvalue weighted by Gasteiger charge is -2.16. The number of phenolic OH excluding ortho intramolecular Hbond substituents is 3. The minimum absolute atomic E-state index is 0.199. The van der Waals surface area contributed by atoms with Gasteiger partial charge >= 0.3 is 0 Å². The van der Waals surface area contributed by atoms with Gasteiger partial charge in [-0.3, -0.25) is 0 Å². The Morgan fingerprint density at radius 2 is 1.06 bits per heavy atom. The molecule has 0 spiro atoms. The molecule has 0 heterocycles. The Balaban J connectivity index is 1.70. The predicted molar refractivity (Wildman–Crippen MR) is 135 cm³/mol. The van der Waals surface area contributed by atoms with Gasteiger partial charge in [-0.15, -0.1) is 0 Å². The molecular weight excluding hydrogens is 408 g/mol. The summed E-state index contributed by atoms with van der Waals surface area (Å²) in [6, 6.07) is 32.4. The van der Waals surface area contributed by atoms with Crippen molar-refractivity contribution in [3.05, 3.63) is 103 Å². The first-order valence-corrected chi connectivity index (χ1v) is 10.8. The number of aromatic hydroxyl groups is 3. The lowest BCUT2D eigenvalue weighted by atomic mass is 9.88. The lowest BCUT2D eigenvalue weighted by Crippen LogP contribution is -1.89. The van der Waals surface area contributed by atoms with E-state index in [0.717, 1.165) is 54.6 Å². The number of phenols is 3. The van der Waals surface area contributed by atoms with Crippen LogP contribution in [0.3, 0.4) is 0 Å². The van der Waals surface area contributed by atoms with Crippen molar-refractivity contribution in [3.8, 4) is 39.5 Å². The molecule has 6 aromatic carbocycles. The molecule has 0 saturated heterocycles. The van der Waals surface area contributed by atoms with Gasteiger partial charge in [-0.1, -0.05) is 78.9 Å². The van der Waals surface area contributed by atoms with Crippen LogP contribution in [0.15, 0.2) is 103 Å². The van der Waals surface area contributed by atoms with E-state index in [-0.39, 0.29) is 17.2 Å². The molecule has 0 radical (unpaired) electrons. The van der Waals surface area contributed by atoms with Crippen LogP contribution in [0.5, 0.6) is 17.2 Å². The Labute approximate surface area is 190 Å². The van der Waals surface area contributed by atoms with Gasteiger partial charge in [0.25, 0.3) is 0 Å². The van der Waals surface area contributed by atoms with Gasteiger partial charge in [-0.2, -0.15) is 0 Å². The van der Waals surface area contributed by atoms with E-state index in [1.165, 1.54) is 0 Å². The Morgan fingerprint density at radius 1 is 0.394 bits per heavy atom. The van der Waals surface area contributed by atoms with Crippen LogP contribution in [-0.2, 0) is 0 Å². The van der Waals surface area contributed by atoms with Crippen molar-refractivity contribution in [2.24, 2.45) is 0 Å². The van der Waals surface area contributed by atoms with E-state index in [0.29, 0.717) is 0 Å². The first-order valence-electron chi connectivity index (χ1n) is 10.8. The molecule has 3 N–H and O–H groups in total. The van der Waals surface area contributed by atoms with E-state index in [4.69, 9.17) is 0 Å². The number of fused-ring (bicyclic) bond motifs is 3. The average Bonchev–Trinajstić information content (AvgIpc) is 2.84. The quantitative estimate of drug-likeness (QED) is 0.266. The van der Waals surface area contributed by atoms with Gasteiger partial charge in [0.1, 0.15) is 17.2 Å². The largest absolute Gasteiger partial charge is 0.508 e. The minimum Gasteiger partial charge on any atom is -0.508 e. The van der Waals surface area contributed by atoms with E-state index in [1.54, 1.807) is 24.3 Å². The summed E-state index contributed by atoms with van der Waals surface area (Å²) < 4.78 is 0. The second kappa shape index (κ2) is 7.28. The topological polar surface area (TPSA) is 60.7 Å². The van der Waals surface area contributed by atoms with Crippen LogP contribution in [0, 0.1) is 0 Å². The van der Waals surface area contributed by atoms with Crippen molar-refractivity contribution in [1.82, 2.24) is 0 Å². The number of hydrogen-bond donors (Lipinski definition) is 3. The molecule has 158 valence electrons. The van der Waals surface area contributed by atoms with E-state index >= 15 is 0 Å². The van der Waals surface area contributed by atoms with Gasteiger partial charge in [-0.05, 0) is 68.1 Å². The molecular formula is C30H20O3. The summed E-state index contributed by atoms with van der Waals surface area (Å²) in [6.45, 7) is 0. The maximum Gasteiger partial charge on any atom is 0.124 e. The zero-order chi connectivity index (χ0) is 22.5. The molecule has 0 aromatic heterocycles. The third-order valence-corrected chi connectivity index (χ3v) is 6.37. The molecule has 0 aliphatic heterocycles. The highest BCUT2D eigenvalue weighted by atomic mass is 16.3. The van der Waals surface area contributed by atoms with E-state index in [2.05, 4.69) is 6.07 Å². The fraction of sp³-hybridized carbons (Fsp3) is 0. The third kappa shape index (κ3) is 2.98. The van der Waals surface area contributed by atoms with Crippen LogP contribution in [0.2, 0.25) is 0 Å². The van der Waals surface area contributed by atoms with Gasteiger partial charge in [0.05, 0.1) is 0 Å². The second-order valence-electron chi connectivity index (χ2n) is 8.25. The van der Waals surface area contributed by atoms with Crippen LogP contribution in [-0.4, -0.2) is 15.3 Å². The molecule has 0 bridgehead atoms. The number of benzene rings is 6. The summed E-state index contributed by atoms with van der Waals surface area (Å²) in [4.78, 5) is 0. The summed E-state index contributed by atoms with van der Waals surface area (Å²) in [7, 11) is 0. The van der Waals surface area contributed by atoms with E-state index in [1.807, 2.05) is 72.8 Å². The van der Waals surface area contributed by atoms with Crippen LogP contribution >= 0.6 is 0 Å². The van der Waals surface area contributed by atoms with Crippen molar-refractivity contribution in [3.63, 3.8) is 0 Å². The molecule has 3 nitrogen and oxygen atoms in total. The smallest absolute Gasteiger partial charge is 0.124 e. The Hall–Kier alpha value is -4.50. The molecule has 0 amide bonds. The summed E-state index contributed by atoms with van der Waals surface area (Å²) in [5.41, 5.74) is 3.80. The summed E-state index contributed by atoms with van der Waals surface area (Å²) >= 11 is 0. The molecule has 33 heavy (non-hydrogen) atoms. The van der Waals surface area contributed by atoms with Crippen LogP contribution in [0.4, 0.5) is 0 Å². The monoisotopic (exact) mass is 428 g/mol. The SMILES string of the molecule is Oc1ccc2cccc(-c3ccc(-c4ccc(O)c5ccccc45)c4cccc(O)c34)c2c1. The van der Waals surface area contributed by atoms with Crippen molar-refractivity contribution < 1.29 is 15.3 Å². The van der Waals surface area contributed by atoms with Gasteiger partial charge in [-0.25, -0.2) is 0 Å². The Bertz CT molecular complexity index is 1700. The fourth-order valence-electron chi connectivity index (χ4n) is 4.86. The Morgan fingerprint density at radius 3 is 1.94 bits per heavy atom. The first kappa shape index (κ1) is 19.2. The molecule has 0 fully saturated rings. The van der Waals surface area contributed by atoms with Crippen molar-refractivity contribution in [2.75, 3.05) is 0 Å². The first-order chi connectivity index (χ1) is 16.1. The highest BCUT2D eigenvalue weighted by molar-refractivity contribution is 6.14. The minimum atomic E-state index is 0.199. The maximum absolute atomic E-state index is 11.0. The highest BCUT2D eigenvalue weighted by Crippen LogP contribution is 2.44. The molecule has 3 heteroatoms. The van der Waals surface area contributed by atoms with Gasteiger partial charge in [0.15, 0.2) is 0 Å². The predicted octanol–water partition coefficient (Wildman–Crippen LogP) is 7.60. The van der Waals surface area contributed by atoms with Crippen LogP contribution in [0.1, 0.15) is 0 Å². The normalized spacial score (nSPS) is 11.4. The molecule has 0 unspecified atom stereocenters. The average molecular weight is 428 g/mol. The van der Waals surface area contributed by atoms with E-state index < -0.39 is 0 Å². The molecule has 6 rings (SSSR count). The standard InChI is InChI=1S/C30H20O3/c31-19-12-11-18-5-3-8-21(27(18)17-19)26-14-13-23(25-9-4-10-29(33)30(25)26)22-15-16-28(32)24-7-2-1-6-20(22)24/h1-17,31-33H. The van der Waals surface area contributed by atoms with Crippen molar-refractivity contribution in [2.45, 2.75) is 0 Å². The fourth-order valence-corrected chi connectivity index (χ4v) is 4.86. The summed E-state index contributed by atoms with van der Waals surface area (Å²) in [5, 5.41) is 36.8. The van der Waals surface area contributed by atoms with Gasteiger partial charge < -0.3 is 15.3 Å². The molecule has 0 aliphatic rings. The number of hydrogen-bond acceptors (Lipinski definition) is 3. The molecule has 6 aromatic rings. The third-order valence-electron chi connectivity index (χ3n) is 6.37. The molecule has 0 aliphatic carbocycles. The molecule has 0 saturated carbocycles. The summed E-state index contributed by atoms with van der Waals surface area (Å²) in [6.07, 6.45) is 0. The second-order valence-corrected chi connectivity index (χ2v) is 8.25. The van der Waals surface area contributed by atoms with Crippen molar-refractivity contribution >= 4 is 32.3 Å². The highest BCUT2D eigenvalue weighted by Gasteiger charge is 2.16. The lowest BCUT2D eigenvalue weighted by molar-refractivity contribution is 0.476. The Kier molecular flexibility index (Phi) is 4.24. The van der Waals surface area contributed by atoms with Crippen LogP contribution < -0.4 is 0 Å². The zero-order valence-corrected chi connectivity index (χ0v) is 17.7. The van der Waals surface area contributed by atoms with Crippen LogP contribution in [0.25, 0.3) is 54.6 Å². The number of rotatable bonds is 2.